The molecule has 10 nitrogen and oxygen atoms in total. The van der Waals surface area contributed by atoms with Crippen molar-refractivity contribution in [2.75, 3.05) is 20.3 Å². The SMILES string of the molecule is COc1ccccc1[C@@H](Cn1c(=O)n(CC(C)(C)O)c(=O)c2c(C)c(-c3ncco3)sc21)OC1CCOCC1. The van der Waals surface area contributed by atoms with Crippen LogP contribution in [0.3, 0.4) is 0 Å². The summed E-state index contributed by atoms with van der Waals surface area (Å²) in [5, 5.41) is 11.0. The van der Waals surface area contributed by atoms with Crippen molar-refractivity contribution >= 4 is 21.6 Å². The van der Waals surface area contributed by atoms with Crippen LogP contribution in [0.1, 0.15) is 43.9 Å². The predicted octanol–water partition coefficient (Wildman–Crippen LogP) is 3.90. The van der Waals surface area contributed by atoms with Gasteiger partial charge in [-0.1, -0.05) is 18.2 Å². The van der Waals surface area contributed by atoms with Gasteiger partial charge in [-0.25, -0.2) is 9.78 Å². The lowest BCUT2D eigenvalue weighted by Gasteiger charge is -2.29. The first kappa shape index (κ1) is 27.3. The molecule has 0 bridgehead atoms. The van der Waals surface area contributed by atoms with E-state index in [9.17, 15) is 14.7 Å². The zero-order chi connectivity index (χ0) is 27.7. The minimum absolute atomic E-state index is 0.0601. The van der Waals surface area contributed by atoms with E-state index in [1.807, 2.05) is 31.2 Å². The predicted molar refractivity (Wildman–Crippen MR) is 148 cm³/mol. The molecule has 1 fully saturated rings. The van der Waals surface area contributed by atoms with Gasteiger partial charge in [-0.3, -0.25) is 13.9 Å². The van der Waals surface area contributed by atoms with Crippen LogP contribution in [0.15, 0.2) is 50.7 Å². The molecule has 0 saturated carbocycles. The summed E-state index contributed by atoms with van der Waals surface area (Å²) >= 11 is 1.28. The number of para-hydroxylation sites is 1. The monoisotopic (exact) mass is 555 g/mol. The Balaban J connectivity index is 1.71. The van der Waals surface area contributed by atoms with Gasteiger partial charge in [0.25, 0.3) is 5.56 Å². The molecule has 5 rings (SSSR count). The van der Waals surface area contributed by atoms with E-state index in [0.29, 0.717) is 45.5 Å². The van der Waals surface area contributed by atoms with E-state index in [-0.39, 0.29) is 19.2 Å². The number of ether oxygens (including phenoxy) is 3. The number of thiophene rings is 1. The Hall–Kier alpha value is -3.25. The Bertz CT molecular complexity index is 1560. The number of aliphatic hydroxyl groups is 1. The molecular formula is C28H33N3O7S. The van der Waals surface area contributed by atoms with Crippen LogP contribution in [0, 0.1) is 6.92 Å². The smallest absolute Gasteiger partial charge is 0.332 e. The number of methoxy groups -OCH3 is 1. The van der Waals surface area contributed by atoms with Gasteiger partial charge in [-0.2, -0.15) is 0 Å². The van der Waals surface area contributed by atoms with Gasteiger partial charge in [0.15, 0.2) is 0 Å². The van der Waals surface area contributed by atoms with Gasteiger partial charge in [0.2, 0.25) is 5.89 Å². The van der Waals surface area contributed by atoms with Crippen molar-refractivity contribution in [1.29, 1.82) is 0 Å². The van der Waals surface area contributed by atoms with Crippen molar-refractivity contribution in [3.63, 3.8) is 0 Å². The zero-order valence-corrected chi connectivity index (χ0v) is 23.3. The number of fused-ring (bicyclic) bond motifs is 1. The summed E-state index contributed by atoms with van der Waals surface area (Å²) < 4.78 is 26.0. The van der Waals surface area contributed by atoms with E-state index in [0.717, 1.165) is 23.0 Å². The fraction of sp³-hybridized carbons (Fsp3) is 0.464. The maximum Gasteiger partial charge on any atom is 0.332 e. The van der Waals surface area contributed by atoms with E-state index in [1.54, 1.807) is 25.5 Å². The fourth-order valence-electron chi connectivity index (χ4n) is 4.98. The maximum atomic E-state index is 14.0. The minimum Gasteiger partial charge on any atom is -0.496 e. The Morgan fingerprint density at radius 3 is 2.62 bits per heavy atom. The summed E-state index contributed by atoms with van der Waals surface area (Å²) in [4.78, 5) is 33.1. The maximum absolute atomic E-state index is 14.0. The second-order valence-electron chi connectivity index (χ2n) is 10.3. The molecule has 1 saturated heterocycles. The molecule has 1 aliphatic heterocycles. The van der Waals surface area contributed by atoms with Gasteiger partial charge in [0.1, 0.15) is 22.9 Å². The molecular weight excluding hydrogens is 522 g/mol. The summed E-state index contributed by atoms with van der Waals surface area (Å²) in [6.07, 6.45) is 3.87. The minimum atomic E-state index is -1.29. The standard InChI is InChI=1S/C28H33N3O7S/c1-17-22-25(32)31(16-28(2,3)34)27(33)30(26(22)39-23(17)24-29-11-14-37-24)15-21(38-18-9-12-36-13-10-18)19-7-5-6-8-20(19)35-4/h5-8,11,14,18,21,34H,9-10,12-13,15-16H2,1-4H3/t21-/m1/s1. The molecule has 0 unspecified atom stereocenters. The number of aryl methyl sites for hydroxylation is 1. The summed E-state index contributed by atoms with van der Waals surface area (Å²) in [6.45, 7) is 6.13. The molecule has 1 atom stereocenters. The Labute approximate surface area is 229 Å². The zero-order valence-electron chi connectivity index (χ0n) is 22.5. The first-order chi connectivity index (χ1) is 18.7. The van der Waals surface area contributed by atoms with Gasteiger partial charge < -0.3 is 23.7 Å². The van der Waals surface area contributed by atoms with E-state index in [4.69, 9.17) is 18.6 Å². The highest BCUT2D eigenvalue weighted by Crippen LogP contribution is 2.37. The fourth-order valence-corrected chi connectivity index (χ4v) is 6.22. The number of rotatable bonds is 9. The number of hydrogen-bond donors (Lipinski definition) is 1. The van der Waals surface area contributed by atoms with Crippen molar-refractivity contribution in [3.05, 3.63) is 68.7 Å². The summed E-state index contributed by atoms with van der Waals surface area (Å²) in [6, 6.07) is 7.57. The van der Waals surface area contributed by atoms with Crippen LogP contribution >= 0.6 is 11.3 Å². The first-order valence-electron chi connectivity index (χ1n) is 12.9. The topological polar surface area (TPSA) is 118 Å². The molecule has 1 aliphatic rings. The van der Waals surface area contributed by atoms with Crippen LogP contribution in [0.5, 0.6) is 5.75 Å². The lowest BCUT2D eigenvalue weighted by molar-refractivity contribution is -0.0753. The van der Waals surface area contributed by atoms with E-state index in [2.05, 4.69) is 4.98 Å². The normalized spacial score (nSPS) is 15.6. The summed E-state index contributed by atoms with van der Waals surface area (Å²) in [5.74, 6) is 1.02. The van der Waals surface area contributed by atoms with Gasteiger partial charge in [-0.05, 0) is 45.2 Å². The first-order valence-corrected chi connectivity index (χ1v) is 13.7. The van der Waals surface area contributed by atoms with Gasteiger partial charge >= 0.3 is 5.69 Å². The van der Waals surface area contributed by atoms with E-state index >= 15 is 0 Å². The van der Waals surface area contributed by atoms with E-state index in [1.165, 1.54) is 23.8 Å². The molecule has 4 aromatic rings. The highest BCUT2D eigenvalue weighted by Gasteiger charge is 2.29. The van der Waals surface area contributed by atoms with Crippen LogP contribution in [-0.2, 0) is 22.6 Å². The lowest BCUT2D eigenvalue weighted by Crippen LogP contribution is -2.45. The molecule has 4 heterocycles. The third-order valence-corrected chi connectivity index (χ3v) is 8.13. The molecule has 1 aromatic carbocycles. The Morgan fingerprint density at radius 2 is 1.95 bits per heavy atom. The number of benzene rings is 1. The molecule has 1 N–H and O–H groups in total. The van der Waals surface area contributed by atoms with Crippen molar-refractivity contribution in [2.45, 2.75) is 64.5 Å². The highest BCUT2D eigenvalue weighted by atomic mass is 32.1. The molecule has 0 aliphatic carbocycles. The molecule has 0 amide bonds. The molecule has 0 spiro atoms. The average molecular weight is 556 g/mol. The third-order valence-electron chi connectivity index (χ3n) is 6.83. The van der Waals surface area contributed by atoms with Crippen LogP contribution in [0.2, 0.25) is 0 Å². The lowest BCUT2D eigenvalue weighted by atomic mass is 10.1. The second kappa shape index (κ2) is 11.1. The number of aromatic nitrogens is 3. The largest absolute Gasteiger partial charge is 0.496 e. The van der Waals surface area contributed by atoms with Crippen molar-refractivity contribution in [2.24, 2.45) is 0 Å². The van der Waals surface area contributed by atoms with Crippen LogP contribution in [0.4, 0.5) is 0 Å². The van der Waals surface area contributed by atoms with Gasteiger partial charge in [0.05, 0.1) is 48.4 Å². The summed E-state index contributed by atoms with van der Waals surface area (Å²) in [7, 11) is 1.60. The number of nitrogens with zero attached hydrogens (tertiary/aromatic N) is 3. The molecule has 3 aromatic heterocycles. The second-order valence-corrected chi connectivity index (χ2v) is 11.3. The van der Waals surface area contributed by atoms with Gasteiger partial charge in [0, 0.05) is 18.8 Å². The van der Waals surface area contributed by atoms with Crippen LogP contribution < -0.4 is 16.0 Å². The van der Waals surface area contributed by atoms with Crippen molar-refractivity contribution in [3.8, 4) is 16.5 Å². The Kier molecular flexibility index (Phi) is 7.77. The molecule has 208 valence electrons. The van der Waals surface area contributed by atoms with Crippen molar-refractivity contribution < 1.29 is 23.7 Å². The van der Waals surface area contributed by atoms with Crippen LogP contribution in [-0.4, -0.2) is 51.3 Å². The number of hydrogen-bond acceptors (Lipinski definition) is 9. The molecule has 11 heteroatoms. The van der Waals surface area contributed by atoms with Crippen LogP contribution in [0.25, 0.3) is 21.0 Å². The Morgan fingerprint density at radius 1 is 1.21 bits per heavy atom. The van der Waals surface area contributed by atoms with E-state index < -0.39 is 23.0 Å². The number of oxazole rings is 1. The highest BCUT2D eigenvalue weighted by molar-refractivity contribution is 7.22. The van der Waals surface area contributed by atoms with Crippen molar-refractivity contribution in [1.82, 2.24) is 14.1 Å². The third kappa shape index (κ3) is 5.58. The average Bonchev–Trinajstić information content (AvgIpc) is 3.56. The molecule has 39 heavy (non-hydrogen) atoms. The molecule has 0 radical (unpaired) electrons. The summed E-state index contributed by atoms with van der Waals surface area (Å²) in [5.41, 5.74) is -0.804. The van der Waals surface area contributed by atoms with Gasteiger partial charge in [-0.15, -0.1) is 11.3 Å². The quantitative estimate of drug-likeness (QED) is 0.330.